The summed E-state index contributed by atoms with van der Waals surface area (Å²) in [6, 6.07) is 53.4. The summed E-state index contributed by atoms with van der Waals surface area (Å²) >= 11 is 0. The normalized spacial score (nSPS) is 12.6. The van der Waals surface area contributed by atoms with Crippen LogP contribution in [-0.2, 0) is 0 Å². The minimum Gasteiger partial charge on any atom is -0.458 e. The number of hydrogen-bond acceptors (Lipinski definition) is 3. The first kappa shape index (κ1) is 22.7. The fourth-order valence-electron chi connectivity index (χ4n) is 6.21. The van der Waals surface area contributed by atoms with Gasteiger partial charge in [-0.2, -0.15) is 0 Å². The van der Waals surface area contributed by atoms with E-state index in [2.05, 4.69) is 161 Å². The summed E-state index contributed by atoms with van der Waals surface area (Å²) in [7, 11) is 0. The quantitative estimate of drug-likeness (QED) is 0.226. The van der Waals surface area contributed by atoms with Crippen molar-refractivity contribution < 1.29 is 4.74 Å². The maximum Gasteiger partial charge on any atom is 0.256 e. The van der Waals surface area contributed by atoms with Crippen LogP contribution in [0.2, 0.25) is 0 Å². The van der Waals surface area contributed by atoms with Gasteiger partial charge in [-0.05, 0) is 77.1 Å². The molecule has 0 aromatic heterocycles. The molecule has 0 bridgehead atoms. The number of anilines is 6. The molecule has 0 N–H and O–H groups in total. The maximum absolute atomic E-state index is 6.73. The number of hydrogen-bond donors (Lipinski definition) is 0. The Morgan fingerprint density at radius 1 is 0.475 bits per heavy atom. The SMILES string of the molecule is c1ccc(N(c2ccccc2)c2ccc3c(c2)Oc2cccc4c2B3c2ccccc2N4c2ccccc2)cc1. The highest BCUT2D eigenvalue weighted by Crippen LogP contribution is 2.42. The average molecular weight is 512 g/mol. The molecule has 8 rings (SSSR count). The molecule has 0 unspecified atom stereocenters. The van der Waals surface area contributed by atoms with Gasteiger partial charge in [0.1, 0.15) is 11.5 Å². The van der Waals surface area contributed by atoms with E-state index < -0.39 is 0 Å². The van der Waals surface area contributed by atoms with Crippen molar-refractivity contribution >= 4 is 57.2 Å². The highest BCUT2D eigenvalue weighted by atomic mass is 16.5. The Bertz CT molecular complexity index is 1800. The molecule has 188 valence electrons. The molecule has 0 atom stereocenters. The monoisotopic (exact) mass is 512 g/mol. The van der Waals surface area contributed by atoms with Gasteiger partial charge in [-0.15, -0.1) is 0 Å². The van der Waals surface area contributed by atoms with Gasteiger partial charge >= 0.3 is 0 Å². The number of rotatable bonds is 4. The lowest BCUT2D eigenvalue weighted by molar-refractivity contribution is 0.487. The van der Waals surface area contributed by atoms with Crippen LogP contribution in [0.25, 0.3) is 0 Å². The van der Waals surface area contributed by atoms with Gasteiger partial charge in [0.05, 0.1) is 0 Å². The highest BCUT2D eigenvalue weighted by Gasteiger charge is 2.41. The van der Waals surface area contributed by atoms with E-state index in [-0.39, 0.29) is 6.71 Å². The molecule has 0 saturated carbocycles. The molecule has 40 heavy (non-hydrogen) atoms. The van der Waals surface area contributed by atoms with Crippen LogP contribution in [0.4, 0.5) is 34.1 Å². The van der Waals surface area contributed by atoms with Gasteiger partial charge < -0.3 is 14.5 Å². The van der Waals surface area contributed by atoms with Crippen LogP contribution < -0.4 is 30.9 Å². The van der Waals surface area contributed by atoms with Gasteiger partial charge in [-0.3, -0.25) is 0 Å². The predicted octanol–water partition coefficient (Wildman–Crippen LogP) is 7.56. The van der Waals surface area contributed by atoms with Crippen LogP contribution in [0.15, 0.2) is 152 Å². The largest absolute Gasteiger partial charge is 0.458 e. The molecule has 2 aliphatic heterocycles. The van der Waals surface area contributed by atoms with Crippen molar-refractivity contribution in [2.45, 2.75) is 0 Å². The summed E-state index contributed by atoms with van der Waals surface area (Å²) in [6.07, 6.45) is 0. The first-order valence-electron chi connectivity index (χ1n) is 13.7. The predicted molar refractivity (Wildman–Crippen MR) is 167 cm³/mol. The fraction of sp³-hybridized carbons (Fsp3) is 0. The van der Waals surface area contributed by atoms with E-state index >= 15 is 0 Å². The fourth-order valence-corrected chi connectivity index (χ4v) is 6.21. The van der Waals surface area contributed by atoms with Crippen molar-refractivity contribution in [3.8, 4) is 11.5 Å². The van der Waals surface area contributed by atoms with E-state index in [0.717, 1.165) is 39.9 Å². The Balaban J connectivity index is 1.31. The minimum absolute atomic E-state index is 0.0852. The maximum atomic E-state index is 6.73. The van der Waals surface area contributed by atoms with Crippen molar-refractivity contribution in [2.24, 2.45) is 0 Å². The van der Waals surface area contributed by atoms with Gasteiger partial charge in [0, 0.05) is 40.2 Å². The van der Waals surface area contributed by atoms with E-state index in [4.69, 9.17) is 4.74 Å². The first-order valence-corrected chi connectivity index (χ1v) is 13.7. The standard InChI is InChI=1S/C36H25BN2O/c1-4-13-26(14-5-1)38(27-15-6-2-7-16-27)29-23-24-31-35(25-29)40-34-22-12-21-33-36(34)37(31)30-19-10-11-20-32(30)39(33)28-17-8-3-9-18-28/h1-25H. The van der Waals surface area contributed by atoms with Crippen LogP contribution in [-0.4, -0.2) is 6.71 Å². The van der Waals surface area contributed by atoms with Crippen LogP contribution >= 0.6 is 0 Å². The van der Waals surface area contributed by atoms with Crippen molar-refractivity contribution in [3.05, 3.63) is 152 Å². The topological polar surface area (TPSA) is 15.7 Å². The Hall–Kier alpha value is -5.22. The number of fused-ring (bicyclic) bond motifs is 4. The lowest BCUT2D eigenvalue weighted by Gasteiger charge is -2.40. The summed E-state index contributed by atoms with van der Waals surface area (Å²) in [5.41, 5.74) is 10.5. The molecule has 0 aliphatic carbocycles. The van der Waals surface area contributed by atoms with Crippen molar-refractivity contribution in [1.82, 2.24) is 0 Å². The molecule has 3 nitrogen and oxygen atoms in total. The van der Waals surface area contributed by atoms with Gasteiger partial charge in [0.2, 0.25) is 0 Å². The van der Waals surface area contributed by atoms with E-state index in [1.54, 1.807) is 0 Å². The molecule has 0 fully saturated rings. The summed E-state index contributed by atoms with van der Waals surface area (Å²) in [5.74, 6) is 1.81. The molecule has 4 heteroatoms. The molecule has 6 aromatic carbocycles. The second-order valence-corrected chi connectivity index (χ2v) is 10.2. The first-order chi connectivity index (χ1) is 19.9. The summed E-state index contributed by atoms with van der Waals surface area (Å²) < 4.78 is 6.73. The molecule has 0 spiro atoms. The zero-order valence-electron chi connectivity index (χ0n) is 21.8. The van der Waals surface area contributed by atoms with E-state index in [1.165, 1.54) is 22.1 Å². The van der Waals surface area contributed by atoms with E-state index in [9.17, 15) is 0 Å². The van der Waals surface area contributed by atoms with Gasteiger partial charge in [-0.25, -0.2) is 0 Å². The van der Waals surface area contributed by atoms with Gasteiger partial charge in [0.15, 0.2) is 0 Å². The second-order valence-electron chi connectivity index (χ2n) is 10.2. The number of nitrogens with zero attached hydrogens (tertiary/aromatic N) is 2. The molecular weight excluding hydrogens is 487 g/mol. The zero-order chi connectivity index (χ0) is 26.5. The lowest BCUT2D eigenvalue weighted by Crippen LogP contribution is -2.59. The Morgan fingerprint density at radius 3 is 1.82 bits per heavy atom. The van der Waals surface area contributed by atoms with Crippen molar-refractivity contribution in [1.29, 1.82) is 0 Å². The van der Waals surface area contributed by atoms with Crippen molar-refractivity contribution in [3.63, 3.8) is 0 Å². The summed E-state index contributed by atoms with van der Waals surface area (Å²) in [5, 5.41) is 0. The van der Waals surface area contributed by atoms with Crippen LogP contribution in [0.1, 0.15) is 0 Å². The molecular formula is C36H25BN2O. The van der Waals surface area contributed by atoms with Gasteiger partial charge in [-0.1, -0.05) is 84.9 Å². The Kier molecular flexibility index (Phi) is 5.24. The molecule has 0 radical (unpaired) electrons. The molecule has 0 saturated heterocycles. The molecule has 2 aliphatic rings. The van der Waals surface area contributed by atoms with E-state index in [1.807, 2.05) is 0 Å². The van der Waals surface area contributed by atoms with Gasteiger partial charge in [0.25, 0.3) is 6.71 Å². The molecule has 6 aromatic rings. The molecule has 0 amide bonds. The second kappa shape index (κ2) is 9.21. The van der Waals surface area contributed by atoms with Crippen LogP contribution in [0.3, 0.4) is 0 Å². The Labute approximate surface area is 234 Å². The van der Waals surface area contributed by atoms with Crippen LogP contribution in [0, 0.1) is 0 Å². The summed E-state index contributed by atoms with van der Waals surface area (Å²) in [4.78, 5) is 4.64. The number of benzene rings is 6. The number of ether oxygens (including phenoxy) is 1. The minimum atomic E-state index is 0.0852. The Morgan fingerprint density at radius 2 is 1.10 bits per heavy atom. The third kappa shape index (κ3) is 3.54. The van der Waals surface area contributed by atoms with E-state index in [0.29, 0.717) is 0 Å². The third-order valence-corrected chi connectivity index (χ3v) is 7.89. The highest BCUT2D eigenvalue weighted by molar-refractivity contribution is 6.99. The number of para-hydroxylation sites is 4. The third-order valence-electron chi connectivity index (χ3n) is 7.89. The smallest absolute Gasteiger partial charge is 0.256 e. The average Bonchev–Trinajstić information content (AvgIpc) is 3.02. The van der Waals surface area contributed by atoms with Crippen molar-refractivity contribution in [2.75, 3.05) is 9.80 Å². The molecule has 2 heterocycles. The zero-order valence-corrected chi connectivity index (χ0v) is 21.8. The summed E-state index contributed by atoms with van der Waals surface area (Å²) in [6.45, 7) is 0.0852. The lowest BCUT2D eigenvalue weighted by atomic mass is 9.34. The van der Waals surface area contributed by atoms with Crippen LogP contribution in [0.5, 0.6) is 11.5 Å².